The zero-order valence-electron chi connectivity index (χ0n) is 10.6. The van der Waals surface area contributed by atoms with Gasteiger partial charge in [-0.3, -0.25) is 0 Å². The first-order valence-electron chi connectivity index (χ1n) is 6.02. The van der Waals surface area contributed by atoms with Crippen LogP contribution >= 0.6 is 15.9 Å². The quantitative estimate of drug-likeness (QED) is 0.915. The summed E-state index contributed by atoms with van der Waals surface area (Å²) < 4.78 is 19.9. The number of hydrogen-bond acceptors (Lipinski definition) is 2. The lowest BCUT2D eigenvalue weighted by Crippen LogP contribution is -2.04. The zero-order chi connectivity index (χ0) is 13.8. The lowest BCUT2D eigenvalue weighted by Gasteiger charge is -2.10. The fourth-order valence-electron chi connectivity index (χ4n) is 1.85. The molecule has 0 unspecified atom stereocenters. The first-order valence-corrected chi connectivity index (χ1v) is 6.82. The maximum atomic E-state index is 13.6. The SMILES string of the molecule is Cc1cc(Oc2cc(Br)ccc2F)ccc1CCN. The van der Waals surface area contributed by atoms with Crippen molar-refractivity contribution >= 4 is 15.9 Å². The van der Waals surface area contributed by atoms with Crippen molar-refractivity contribution < 1.29 is 9.13 Å². The molecular formula is C15H15BrFNO. The molecule has 2 rings (SSSR count). The van der Waals surface area contributed by atoms with Crippen molar-refractivity contribution in [1.29, 1.82) is 0 Å². The molecule has 0 aromatic heterocycles. The number of rotatable bonds is 4. The number of nitrogens with two attached hydrogens (primary N) is 1. The predicted octanol–water partition coefficient (Wildman–Crippen LogP) is 4.19. The molecule has 0 aliphatic rings. The second kappa shape index (κ2) is 6.17. The van der Waals surface area contributed by atoms with E-state index in [4.69, 9.17) is 10.5 Å². The highest BCUT2D eigenvalue weighted by molar-refractivity contribution is 9.10. The van der Waals surface area contributed by atoms with E-state index < -0.39 is 0 Å². The molecule has 0 radical (unpaired) electrons. The molecule has 2 N–H and O–H groups in total. The topological polar surface area (TPSA) is 35.2 Å². The molecular weight excluding hydrogens is 309 g/mol. The largest absolute Gasteiger partial charge is 0.454 e. The van der Waals surface area contributed by atoms with Crippen molar-refractivity contribution in [2.24, 2.45) is 5.73 Å². The number of hydrogen-bond donors (Lipinski definition) is 1. The van der Waals surface area contributed by atoms with Gasteiger partial charge < -0.3 is 10.5 Å². The average molecular weight is 324 g/mol. The third-order valence-corrected chi connectivity index (χ3v) is 3.34. The van der Waals surface area contributed by atoms with Gasteiger partial charge in [-0.25, -0.2) is 4.39 Å². The van der Waals surface area contributed by atoms with Crippen molar-refractivity contribution in [2.45, 2.75) is 13.3 Å². The molecule has 2 aromatic rings. The van der Waals surface area contributed by atoms with Crippen LogP contribution in [0.15, 0.2) is 40.9 Å². The fraction of sp³-hybridized carbons (Fsp3) is 0.200. The van der Waals surface area contributed by atoms with Crippen molar-refractivity contribution in [3.8, 4) is 11.5 Å². The molecule has 0 amide bonds. The van der Waals surface area contributed by atoms with Gasteiger partial charge in [0, 0.05) is 4.47 Å². The van der Waals surface area contributed by atoms with E-state index in [1.54, 1.807) is 12.1 Å². The van der Waals surface area contributed by atoms with Crippen LogP contribution < -0.4 is 10.5 Å². The molecule has 0 aliphatic carbocycles. The van der Waals surface area contributed by atoms with Crippen LogP contribution in [0.4, 0.5) is 4.39 Å². The van der Waals surface area contributed by atoms with Gasteiger partial charge in [-0.2, -0.15) is 0 Å². The molecule has 0 bridgehead atoms. The van der Waals surface area contributed by atoms with Crippen LogP contribution in [0.5, 0.6) is 11.5 Å². The Balaban J connectivity index is 2.24. The van der Waals surface area contributed by atoms with E-state index in [0.717, 1.165) is 16.5 Å². The Kier molecular flexibility index (Phi) is 4.56. The summed E-state index contributed by atoms with van der Waals surface area (Å²) in [7, 11) is 0. The highest BCUT2D eigenvalue weighted by Crippen LogP contribution is 2.28. The van der Waals surface area contributed by atoms with Gasteiger partial charge in [0.15, 0.2) is 11.6 Å². The molecule has 2 nitrogen and oxygen atoms in total. The van der Waals surface area contributed by atoms with Crippen LogP contribution in [0.2, 0.25) is 0 Å². The van der Waals surface area contributed by atoms with E-state index in [-0.39, 0.29) is 11.6 Å². The predicted molar refractivity (Wildman–Crippen MR) is 78.1 cm³/mol. The van der Waals surface area contributed by atoms with E-state index in [1.807, 2.05) is 25.1 Å². The summed E-state index contributed by atoms with van der Waals surface area (Å²) in [5.74, 6) is 0.447. The second-order valence-corrected chi connectivity index (χ2v) is 5.22. The second-order valence-electron chi connectivity index (χ2n) is 4.30. The van der Waals surface area contributed by atoms with Gasteiger partial charge in [-0.05, 0) is 61.3 Å². The highest BCUT2D eigenvalue weighted by atomic mass is 79.9. The van der Waals surface area contributed by atoms with Crippen LogP contribution in [0.1, 0.15) is 11.1 Å². The van der Waals surface area contributed by atoms with Gasteiger partial charge in [0.25, 0.3) is 0 Å². The van der Waals surface area contributed by atoms with E-state index in [9.17, 15) is 4.39 Å². The average Bonchev–Trinajstić information content (AvgIpc) is 2.37. The minimum absolute atomic E-state index is 0.209. The highest BCUT2D eigenvalue weighted by Gasteiger charge is 2.07. The minimum atomic E-state index is -0.383. The zero-order valence-corrected chi connectivity index (χ0v) is 12.2. The maximum Gasteiger partial charge on any atom is 0.165 e. The summed E-state index contributed by atoms with van der Waals surface area (Å²) in [6.07, 6.45) is 0.831. The van der Waals surface area contributed by atoms with E-state index in [0.29, 0.717) is 12.3 Å². The maximum absolute atomic E-state index is 13.6. The van der Waals surface area contributed by atoms with Gasteiger partial charge in [0.2, 0.25) is 0 Å². The standard InChI is InChI=1S/C15H15BrFNO/c1-10-8-13(4-2-11(10)6-7-18)19-15-9-12(16)3-5-14(15)17/h2-5,8-9H,6-7,18H2,1H3. The molecule has 100 valence electrons. The van der Waals surface area contributed by atoms with E-state index in [2.05, 4.69) is 15.9 Å². The number of benzene rings is 2. The fourth-order valence-corrected chi connectivity index (χ4v) is 2.19. The Bertz CT molecular complexity index is 586. The number of ether oxygens (including phenoxy) is 1. The van der Waals surface area contributed by atoms with Gasteiger partial charge in [-0.15, -0.1) is 0 Å². The summed E-state index contributed by atoms with van der Waals surface area (Å²) in [5, 5.41) is 0. The number of aryl methyl sites for hydroxylation is 1. The van der Waals surface area contributed by atoms with Crippen LogP contribution in [0.25, 0.3) is 0 Å². The van der Waals surface area contributed by atoms with Crippen molar-refractivity contribution in [2.75, 3.05) is 6.54 Å². The normalized spacial score (nSPS) is 10.5. The molecule has 4 heteroatoms. The minimum Gasteiger partial charge on any atom is -0.454 e. The Hall–Kier alpha value is -1.39. The third kappa shape index (κ3) is 3.55. The summed E-state index contributed by atoms with van der Waals surface area (Å²) >= 11 is 3.30. The molecule has 19 heavy (non-hydrogen) atoms. The van der Waals surface area contributed by atoms with Gasteiger partial charge in [0.1, 0.15) is 5.75 Å². The Morgan fingerprint density at radius 2 is 2.00 bits per heavy atom. The summed E-state index contributed by atoms with van der Waals surface area (Å²) in [5.41, 5.74) is 7.82. The first kappa shape index (κ1) is 14.0. The Morgan fingerprint density at radius 3 is 2.68 bits per heavy atom. The molecule has 0 fully saturated rings. The van der Waals surface area contributed by atoms with Crippen LogP contribution in [0.3, 0.4) is 0 Å². The summed E-state index contributed by atoms with van der Waals surface area (Å²) in [6, 6.07) is 10.3. The molecule has 0 saturated heterocycles. The molecule has 0 aliphatic heterocycles. The summed E-state index contributed by atoms with van der Waals surface area (Å²) in [4.78, 5) is 0. The first-order chi connectivity index (χ1) is 9.10. The van der Waals surface area contributed by atoms with Gasteiger partial charge in [-0.1, -0.05) is 22.0 Å². The molecule has 0 saturated carbocycles. The lowest BCUT2D eigenvalue weighted by molar-refractivity contribution is 0.441. The van der Waals surface area contributed by atoms with Gasteiger partial charge >= 0.3 is 0 Å². The monoisotopic (exact) mass is 323 g/mol. The Labute approximate surface area is 120 Å². The molecule has 0 spiro atoms. The molecule has 0 atom stereocenters. The van der Waals surface area contributed by atoms with Crippen LogP contribution in [-0.4, -0.2) is 6.54 Å². The Morgan fingerprint density at radius 1 is 1.21 bits per heavy atom. The van der Waals surface area contributed by atoms with E-state index >= 15 is 0 Å². The van der Waals surface area contributed by atoms with E-state index in [1.165, 1.54) is 11.6 Å². The smallest absolute Gasteiger partial charge is 0.165 e. The molecule has 2 aromatic carbocycles. The van der Waals surface area contributed by atoms with Crippen molar-refractivity contribution in [3.05, 3.63) is 57.8 Å². The third-order valence-electron chi connectivity index (χ3n) is 2.85. The summed E-state index contributed by atoms with van der Waals surface area (Å²) in [6.45, 7) is 2.61. The lowest BCUT2D eigenvalue weighted by atomic mass is 10.1. The number of halogens is 2. The molecule has 0 heterocycles. The van der Waals surface area contributed by atoms with Crippen LogP contribution in [-0.2, 0) is 6.42 Å². The van der Waals surface area contributed by atoms with Gasteiger partial charge in [0.05, 0.1) is 0 Å². The van der Waals surface area contributed by atoms with Crippen molar-refractivity contribution in [1.82, 2.24) is 0 Å². The van der Waals surface area contributed by atoms with Crippen molar-refractivity contribution in [3.63, 3.8) is 0 Å². The van der Waals surface area contributed by atoms with Crippen LogP contribution in [0, 0.1) is 12.7 Å².